The standard InChI is InChI=1S/C8H19NO3.ClH/c1-5-10-8(9-4,11-6-2)12-7-3;/h9H,5-7H2,1-4H3;1H. The second-order valence-electron chi connectivity index (χ2n) is 2.19. The molecule has 0 saturated heterocycles. The van der Waals surface area contributed by atoms with Gasteiger partial charge in [0.2, 0.25) is 0 Å². The van der Waals surface area contributed by atoms with Crippen molar-refractivity contribution < 1.29 is 31.9 Å². The van der Waals surface area contributed by atoms with Gasteiger partial charge in [-0.05, 0) is 20.8 Å². The van der Waals surface area contributed by atoms with Crippen LogP contribution in [0.3, 0.4) is 0 Å². The maximum absolute atomic E-state index is 5.36. The van der Waals surface area contributed by atoms with E-state index in [4.69, 9.17) is 14.2 Å². The van der Waals surface area contributed by atoms with Crippen molar-refractivity contribution in [3.05, 3.63) is 0 Å². The minimum absolute atomic E-state index is 0. The van der Waals surface area contributed by atoms with E-state index in [0.29, 0.717) is 19.8 Å². The van der Waals surface area contributed by atoms with Crippen LogP contribution in [0.2, 0.25) is 0 Å². The van der Waals surface area contributed by atoms with E-state index in [1.807, 2.05) is 27.8 Å². The van der Waals surface area contributed by atoms with Gasteiger partial charge in [0.1, 0.15) is 0 Å². The van der Waals surface area contributed by atoms with E-state index in [1.54, 1.807) is 5.32 Å². The van der Waals surface area contributed by atoms with Gasteiger partial charge in [-0.3, -0.25) is 19.5 Å². The average Bonchev–Trinajstić information content (AvgIpc) is 2.06. The summed E-state index contributed by atoms with van der Waals surface area (Å²) >= 11 is 0. The van der Waals surface area contributed by atoms with Crippen LogP contribution in [0.15, 0.2) is 0 Å². The summed E-state index contributed by atoms with van der Waals surface area (Å²) in [6.45, 7) is 7.46. The molecule has 0 spiro atoms. The number of nitrogens with two attached hydrogens (primary N) is 1. The van der Waals surface area contributed by atoms with Gasteiger partial charge in [0.15, 0.2) is 0 Å². The van der Waals surface area contributed by atoms with Crippen molar-refractivity contribution in [2.24, 2.45) is 0 Å². The largest absolute Gasteiger partial charge is 1.00 e. The zero-order valence-electron chi connectivity index (χ0n) is 8.80. The molecule has 0 aromatic carbocycles. The molecular formula is C8H20ClNO3. The quantitative estimate of drug-likeness (QED) is 0.456. The molecule has 5 heteroatoms. The summed E-state index contributed by atoms with van der Waals surface area (Å²) in [6.07, 6.45) is -0.932. The lowest BCUT2D eigenvalue weighted by Gasteiger charge is -2.26. The fourth-order valence-corrected chi connectivity index (χ4v) is 0.979. The van der Waals surface area contributed by atoms with Crippen LogP contribution in [0.25, 0.3) is 0 Å². The van der Waals surface area contributed by atoms with Crippen molar-refractivity contribution in [2.45, 2.75) is 26.9 Å². The van der Waals surface area contributed by atoms with Crippen molar-refractivity contribution in [3.8, 4) is 0 Å². The molecule has 0 radical (unpaired) electrons. The van der Waals surface area contributed by atoms with Crippen molar-refractivity contribution in [1.29, 1.82) is 0 Å². The van der Waals surface area contributed by atoms with Crippen molar-refractivity contribution in [3.63, 3.8) is 0 Å². The lowest BCUT2D eigenvalue weighted by Crippen LogP contribution is -3.00. The van der Waals surface area contributed by atoms with E-state index < -0.39 is 6.10 Å². The van der Waals surface area contributed by atoms with Crippen LogP contribution in [0.5, 0.6) is 0 Å². The molecule has 0 fully saturated rings. The zero-order chi connectivity index (χ0) is 9.45. The van der Waals surface area contributed by atoms with Gasteiger partial charge in [0.05, 0.1) is 26.9 Å². The van der Waals surface area contributed by atoms with Gasteiger partial charge in [-0.1, -0.05) is 0 Å². The number of hydrogen-bond donors (Lipinski definition) is 1. The molecule has 0 aliphatic carbocycles. The molecule has 2 N–H and O–H groups in total. The van der Waals surface area contributed by atoms with Crippen LogP contribution in [0.1, 0.15) is 20.8 Å². The molecule has 0 aliphatic rings. The molecule has 0 amide bonds. The Balaban J connectivity index is 0. The summed E-state index contributed by atoms with van der Waals surface area (Å²) in [5, 5.41) is 1.78. The molecule has 0 aromatic heterocycles. The Kier molecular flexibility index (Phi) is 10.5. The van der Waals surface area contributed by atoms with E-state index >= 15 is 0 Å². The minimum atomic E-state index is -0.932. The van der Waals surface area contributed by atoms with Crippen molar-refractivity contribution in [1.82, 2.24) is 0 Å². The summed E-state index contributed by atoms with van der Waals surface area (Å²) in [5.41, 5.74) is 0. The highest BCUT2D eigenvalue weighted by Gasteiger charge is 2.35. The average molecular weight is 214 g/mol. The topological polar surface area (TPSA) is 44.3 Å². The fourth-order valence-electron chi connectivity index (χ4n) is 0.979. The Hall–Kier alpha value is 0.130. The second kappa shape index (κ2) is 8.72. The van der Waals surface area contributed by atoms with E-state index in [2.05, 4.69) is 0 Å². The lowest BCUT2D eigenvalue weighted by molar-refractivity contribution is -0.849. The molecule has 0 atom stereocenters. The monoisotopic (exact) mass is 213 g/mol. The maximum atomic E-state index is 5.36. The lowest BCUT2D eigenvalue weighted by atomic mass is 10.7. The van der Waals surface area contributed by atoms with Crippen LogP contribution in [0.4, 0.5) is 0 Å². The first-order valence-corrected chi connectivity index (χ1v) is 4.47. The second-order valence-corrected chi connectivity index (χ2v) is 2.19. The molecule has 0 saturated carbocycles. The third-order valence-electron chi connectivity index (χ3n) is 1.39. The molecule has 0 heterocycles. The van der Waals surface area contributed by atoms with E-state index in [0.717, 1.165) is 0 Å². The minimum Gasteiger partial charge on any atom is -1.00 e. The Morgan fingerprint density at radius 1 is 0.923 bits per heavy atom. The smallest absolute Gasteiger partial charge is 0.446 e. The third kappa shape index (κ3) is 5.44. The molecule has 82 valence electrons. The Morgan fingerprint density at radius 2 is 1.23 bits per heavy atom. The normalized spacial score (nSPS) is 11.1. The Bertz CT molecular complexity index is 96.5. The first-order valence-electron chi connectivity index (χ1n) is 4.47. The number of rotatable bonds is 7. The van der Waals surface area contributed by atoms with Crippen LogP contribution >= 0.6 is 0 Å². The van der Waals surface area contributed by atoms with Gasteiger partial charge in [0, 0.05) is 0 Å². The number of ether oxygens (including phenoxy) is 3. The fraction of sp³-hybridized carbons (Fsp3) is 1.00. The number of quaternary nitrogens is 1. The van der Waals surface area contributed by atoms with Gasteiger partial charge in [-0.25, -0.2) is 0 Å². The van der Waals surface area contributed by atoms with Crippen LogP contribution in [0, 0.1) is 0 Å². The van der Waals surface area contributed by atoms with Gasteiger partial charge in [0.25, 0.3) is 0 Å². The van der Waals surface area contributed by atoms with E-state index in [-0.39, 0.29) is 12.4 Å². The van der Waals surface area contributed by atoms with Gasteiger partial charge in [-0.15, -0.1) is 0 Å². The Labute approximate surface area is 86.3 Å². The van der Waals surface area contributed by atoms with Crippen LogP contribution < -0.4 is 17.7 Å². The highest BCUT2D eigenvalue weighted by atomic mass is 35.5. The first-order chi connectivity index (χ1) is 5.74. The summed E-state index contributed by atoms with van der Waals surface area (Å²) in [5.74, 6) is 0. The maximum Gasteiger partial charge on any atom is 0.446 e. The van der Waals surface area contributed by atoms with Crippen molar-refractivity contribution in [2.75, 3.05) is 26.9 Å². The molecule has 0 rings (SSSR count). The molecular weight excluding hydrogens is 194 g/mol. The third-order valence-corrected chi connectivity index (χ3v) is 1.39. The highest BCUT2D eigenvalue weighted by molar-refractivity contribution is 4.33. The van der Waals surface area contributed by atoms with Crippen LogP contribution in [-0.4, -0.2) is 33.0 Å². The van der Waals surface area contributed by atoms with Gasteiger partial charge < -0.3 is 12.4 Å². The molecule has 0 aliphatic heterocycles. The summed E-state index contributed by atoms with van der Waals surface area (Å²) in [7, 11) is 1.86. The highest BCUT2D eigenvalue weighted by Crippen LogP contribution is 2.05. The van der Waals surface area contributed by atoms with E-state index in [1.165, 1.54) is 0 Å². The zero-order valence-corrected chi connectivity index (χ0v) is 9.56. The Morgan fingerprint density at radius 3 is 1.38 bits per heavy atom. The van der Waals surface area contributed by atoms with Crippen LogP contribution in [-0.2, 0) is 14.2 Å². The predicted octanol–water partition coefficient (Wildman–Crippen LogP) is -3.10. The molecule has 0 aromatic rings. The molecule has 13 heavy (non-hydrogen) atoms. The summed E-state index contributed by atoms with van der Waals surface area (Å²) in [4.78, 5) is 0. The first kappa shape index (κ1) is 15.6. The summed E-state index contributed by atoms with van der Waals surface area (Å²) < 4.78 is 16.1. The van der Waals surface area contributed by atoms with Gasteiger partial charge in [-0.2, -0.15) is 0 Å². The van der Waals surface area contributed by atoms with Crippen molar-refractivity contribution >= 4 is 0 Å². The number of hydrogen-bond acceptors (Lipinski definition) is 3. The molecule has 0 bridgehead atoms. The molecule has 0 unspecified atom stereocenters. The SMILES string of the molecule is CCOC([NH2+]C)(OCC)OCC.[Cl-]. The number of halogens is 1. The predicted molar refractivity (Wildman–Crippen MR) is 45.5 cm³/mol. The van der Waals surface area contributed by atoms with E-state index in [9.17, 15) is 0 Å². The summed E-state index contributed by atoms with van der Waals surface area (Å²) in [6, 6.07) is 0. The van der Waals surface area contributed by atoms with Gasteiger partial charge >= 0.3 is 6.10 Å². The molecule has 4 nitrogen and oxygen atoms in total.